The predicted octanol–water partition coefficient (Wildman–Crippen LogP) is 3.87. The predicted molar refractivity (Wildman–Crippen MR) is 146 cm³/mol. The molecule has 0 unspecified atom stereocenters. The van der Waals surface area contributed by atoms with Crippen LogP contribution in [0.1, 0.15) is 26.3 Å². The number of amides is 2. The summed E-state index contributed by atoms with van der Waals surface area (Å²) in [5, 5.41) is 14.7. The molecule has 0 aromatic heterocycles. The van der Waals surface area contributed by atoms with E-state index < -0.39 is 45.0 Å². The molecular formula is C24H30Cl2N4O7S. The number of ether oxygens (including phenoxy) is 1. The largest absolute Gasteiger partial charge is 0.495 e. The van der Waals surface area contributed by atoms with Crippen LogP contribution < -0.4 is 14.4 Å². The number of carbonyl (C=O) groups is 2. The van der Waals surface area contributed by atoms with E-state index in [4.69, 9.17) is 27.9 Å². The van der Waals surface area contributed by atoms with E-state index in [2.05, 4.69) is 5.32 Å². The molecule has 2 rings (SSSR count). The first-order valence-corrected chi connectivity index (χ1v) is 14.1. The van der Waals surface area contributed by atoms with Crippen molar-refractivity contribution in [2.75, 3.05) is 30.8 Å². The highest BCUT2D eigenvalue weighted by Crippen LogP contribution is 2.34. The fourth-order valence-electron chi connectivity index (χ4n) is 3.45. The molecule has 0 saturated heterocycles. The van der Waals surface area contributed by atoms with Crippen molar-refractivity contribution < 1.29 is 27.7 Å². The van der Waals surface area contributed by atoms with Crippen molar-refractivity contribution in [3.63, 3.8) is 0 Å². The summed E-state index contributed by atoms with van der Waals surface area (Å²) in [6, 6.07) is 7.13. The molecule has 1 atom stereocenters. The first kappa shape index (κ1) is 31.1. The van der Waals surface area contributed by atoms with Gasteiger partial charge < -0.3 is 15.0 Å². The van der Waals surface area contributed by atoms with Crippen molar-refractivity contribution in [2.24, 2.45) is 5.92 Å². The third-order valence-corrected chi connectivity index (χ3v) is 7.38. The van der Waals surface area contributed by atoms with Gasteiger partial charge in [0.15, 0.2) is 0 Å². The Bertz CT molecular complexity index is 1300. The minimum absolute atomic E-state index is 0.00702. The van der Waals surface area contributed by atoms with Gasteiger partial charge in [0.05, 0.1) is 28.3 Å². The summed E-state index contributed by atoms with van der Waals surface area (Å²) in [5.74, 6) is -1.01. The van der Waals surface area contributed by atoms with Gasteiger partial charge in [-0.1, -0.05) is 43.1 Å². The Morgan fingerprint density at radius 2 is 1.76 bits per heavy atom. The number of nitro groups is 1. The van der Waals surface area contributed by atoms with E-state index >= 15 is 0 Å². The second-order valence-electron chi connectivity index (χ2n) is 8.97. The fraction of sp³-hybridized carbons (Fsp3) is 0.417. The molecule has 0 aliphatic carbocycles. The Kier molecular flexibility index (Phi) is 10.7. The maximum atomic E-state index is 13.6. The Hall–Kier alpha value is -3.09. The van der Waals surface area contributed by atoms with Crippen LogP contribution in [0.15, 0.2) is 36.4 Å². The smallest absolute Gasteiger partial charge is 0.271 e. The number of nitro benzene ring substituents is 1. The van der Waals surface area contributed by atoms with Crippen LogP contribution >= 0.6 is 23.2 Å². The third kappa shape index (κ3) is 8.20. The van der Waals surface area contributed by atoms with Crippen molar-refractivity contribution in [1.82, 2.24) is 10.2 Å². The number of benzene rings is 2. The molecule has 2 amide bonds. The van der Waals surface area contributed by atoms with Gasteiger partial charge in [0, 0.05) is 25.2 Å². The zero-order valence-corrected chi connectivity index (χ0v) is 23.9. The van der Waals surface area contributed by atoms with E-state index in [1.165, 1.54) is 25.0 Å². The van der Waals surface area contributed by atoms with Crippen LogP contribution in [0.5, 0.6) is 5.75 Å². The lowest BCUT2D eigenvalue weighted by molar-refractivity contribution is -0.384. The molecule has 0 bridgehead atoms. The molecule has 38 heavy (non-hydrogen) atoms. The minimum atomic E-state index is -4.13. The number of hydrogen-bond acceptors (Lipinski definition) is 7. The number of hydrogen-bond donors (Lipinski definition) is 1. The summed E-state index contributed by atoms with van der Waals surface area (Å²) in [6.07, 6.45) is 0.862. The molecule has 11 nitrogen and oxygen atoms in total. The molecular weight excluding hydrogens is 559 g/mol. The first-order chi connectivity index (χ1) is 17.6. The van der Waals surface area contributed by atoms with Gasteiger partial charge in [-0.15, -0.1) is 0 Å². The van der Waals surface area contributed by atoms with Crippen LogP contribution in [-0.4, -0.2) is 62.6 Å². The minimum Gasteiger partial charge on any atom is -0.495 e. The number of halogens is 2. The van der Waals surface area contributed by atoms with E-state index in [1.807, 2.05) is 13.8 Å². The van der Waals surface area contributed by atoms with Crippen molar-refractivity contribution in [3.05, 3.63) is 62.1 Å². The summed E-state index contributed by atoms with van der Waals surface area (Å²) in [5.41, 5.74) is -0.0324. The van der Waals surface area contributed by atoms with Gasteiger partial charge in [-0.25, -0.2) is 8.42 Å². The van der Waals surface area contributed by atoms with Crippen LogP contribution in [0.25, 0.3) is 0 Å². The highest BCUT2D eigenvalue weighted by Gasteiger charge is 2.32. The number of sulfonamides is 1. The number of non-ortho nitro benzene ring substituents is 1. The Labute approximate surface area is 231 Å². The van der Waals surface area contributed by atoms with Gasteiger partial charge in [-0.05, 0) is 36.6 Å². The molecule has 208 valence electrons. The molecule has 2 aromatic rings. The number of nitrogens with one attached hydrogen (secondary N) is 1. The highest BCUT2D eigenvalue weighted by atomic mass is 35.5. The first-order valence-electron chi connectivity index (χ1n) is 11.5. The van der Waals surface area contributed by atoms with Crippen molar-refractivity contribution in [3.8, 4) is 5.75 Å². The van der Waals surface area contributed by atoms with Crippen LogP contribution in [0.3, 0.4) is 0 Å². The molecule has 0 spiro atoms. The number of carbonyl (C=O) groups excluding carboxylic acids is 2. The van der Waals surface area contributed by atoms with E-state index in [-0.39, 0.29) is 28.9 Å². The molecule has 0 heterocycles. The standard InChI is InChI=1S/C24H30Cl2N4O7S/c1-15(2)12-27-24(32)16(3)28(13-17-6-8-19(25)20(26)10-17)23(31)14-29(38(5,35)36)21-11-18(30(33)34)7-9-22(21)37-4/h6-11,15-16H,12-14H2,1-5H3,(H,27,32)/t16-/m1/s1. The maximum Gasteiger partial charge on any atom is 0.271 e. The summed E-state index contributed by atoms with van der Waals surface area (Å²) in [7, 11) is -2.86. The lowest BCUT2D eigenvalue weighted by Gasteiger charge is -2.32. The van der Waals surface area contributed by atoms with Crippen LogP contribution in [0.2, 0.25) is 10.0 Å². The van der Waals surface area contributed by atoms with Crippen molar-refractivity contribution in [1.29, 1.82) is 0 Å². The normalized spacial score (nSPS) is 12.1. The number of methoxy groups -OCH3 is 1. The molecule has 0 aliphatic heterocycles. The van der Waals surface area contributed by atoms with Gasteiger partial charge in [-0.3, -0.25) is 24.0 Å². The molecule has 2 aromatic carbocycles. The van der Waals surface area contributed by atoms with Gasteiger partial charge >= 0.3 is 0 Å². The number of anilines is 1. The van der Waals surface area contributed by atoms with Crippen LogP contribution in [0, 0.1) is 16.0 Å². The number of rotatable bonds is 12. The fourth-order valence-corrected chi connectivity index (χ4v) is 4.62. The van der Waals surface area contributed by atoms with Gasteiger partial charge in [0.25, 0.3) is 5.69 Å². The molecule has 1 N–H and O–H groups in total. The Morgan fingerprint density at radius 1 is 1.11 bits per heavy atom. The Morgan fingerprint density at radius 3 is 2.29 bits per heavy atom. The van der Waals surface area contributed by atoms with Gasteiger partial charge in [-0.2, -0.15) is 0 Å². The summed E-state index contributed by atoms with van der Waals surface area (Å²) >= 11 is 12.1. The molecule has 14 heteroatoms. The molecule has 0 radical (unpaired) electrons. The van der Waals surface area contributed by atoms with Gasteiger partial charge in [0.1, 0.15) is 24.0 Å². The highest BCUT2D eigenvalue weighted by molar-refractivity contribution is 7.92. The van der Waals surface area contributed by atoms with Gasteiger partial charge in [0.2, 0.25) is 21.8 Å². The average Bonchev–Trinajstić information content (AvgIpc) is 2.84. The lowest BCUT2D eigenvalue weighted by atomic mass is 10.1. The molecule has 0 aliphatic rings. The van der Waals surface area contributed by atoms with E-state index in [0.29, 0.717) is 21.4 Å². The maximum absolute atomic E-state index is 13.6. The average molecular weight is 589 g/mol. The topological polar surface area (TPSA) is 139 Å². The zero-order chi connectivity index (χ0) is 28.8. The van der Waals surface area contributed by atoms with E-state index in [1.54, 1.807) is 18.2 Å². The van der Waals surface area contributed by atoms with E-state index in [0.717, 1.165) is 18.4 Å². The second-order valence-corrected chi connectivity index (χ2v) is 11.7. The van der Waals surface area contributed by atoms with Crippen molar-refractivity contribution >= 4 is 56.4 Å². The van der Waals surface area contributed by atoms with E-state index in [9.17, 15) is 28.1 Å². The van der Waals surface area contributed by atoms with Crippen molar-refractivity contribution in [2.45, 2.75) is 33.4 Å². The Balaban J connectivity index is 2.52. The monoisotopic (exact) mass is 588 g/mol. The third-order valence-electron chi connectivity index (χ3n) is 5.51. The zero-order valence-electron chi connectivity index (χ0n) is 21.6. The number of nitrogens with zero attached hydrogens (tertiary/aromatic N) is 3. The molecule has 0 saturated carbocycles. The SMILES string of the molecule is COc1ccc([N+](=O)[O-])cc1N(CC(=O)N(Cc1ccc(Cl)c(Cl)c1)[C@H](C)C(=O)NCC(C)C)S(C)(=O)=O. The second kappa shape index (κ2) is 13.1. The summed E-state index contributed by atoms with van der Waals surface area (Å²) in [4.78, 5) is 38.4. The van der Waals surface area contributed by atoms with Crippen LogP contribution in [-0.2, 0) is 26.2 Å². The summed E-state index contributed by atoms with van der Waals surface area (Å²) < 4.78 is 31.5. The summed E-state index contributed by atoms with van der Waals surface area (Å²) in [6.45, 7) is 4.89. The molecule has 0 fully saturated rings. The van der Waals surface area contributed by atoms with Crippen LogP contribution in [0.4, 0.5) is 11.4 Å². The lowest BCUT2D eigenvalue weighted by Crippen LogP contribution is -2.51. The quantitative estimate of drug-likeness (QED) is 0.293.